The van der Waals surface area contributed by atoms with Gasteiger partial charge in [-0.2, -0.15) is 0 Å². The van der Waals surface area contributed by atoms with Gasteiger partial charge in [0.15, 0.2) is 0 Å². The van der Waals surface area contributed by atoms with Crippen molar-refractivity contribution >= 4 is 11.3 Å². The Morgan fingerprint density at radius 3 is 3.00 bits per heavy atom. The molecule has 1 heterocycles. The van der Waals surface area contributed by atoms with E-state index >= 15 is 0 Å². The highest BCUT2D eigenvalue weighted by Crippen LogP contribution is 2.01. The summed E-state index contributed by atoms with van der Waals surface area (Å²) >= 11 is 1.62. The van der Waals surface area contributed by atoms with Crippen molar-refractivity contribution in [1.82, 2.24) is 4.98 Å². The highest BCUT2D eigenvalue weighted by atomic mass is 32.1. The van der Waals surface area contributed by atoms with Crippen molar-refractivity contribution in [3.05, 3.63) is 23.0 Å². The van der Waals surface area contributed by atoms with Crippen LogP contribution in [0, 0.1) is 6.42 Å². The Hall–Kier alpha value is -0.370. The van der Waals surface area contributed by atoms with Crippen LogP contribution >= 0.6 is 11.3 Å². The van der Waals surface area contributed by atoms with Crippen LogP contribution in [-0.2, 0) is 0 Å². The molecule has 7 heavy (non-hydrogen) atoms. The van der Waals surface area contributed by atoms with Crippen LogP contribution < -0.4 is 0 Å². The molecule has 2 heteroatoms. The quantitative estimate of drug-likeness (QED) is 0.539. The average molecular weight is 112 g/mol. The molecular weight excluding hydrogens is 106 g/mol. The van der Waals surface area contributed by atoms with Crippen LogP contribution in [0.3, 0.4) is 0 Å². The second-order valence-corrected chi connectivity index (χ2v) is 1.92. The van der Waals surface area contributed by atoms with Crippen LogP contribution in [0.25, 0.3) is 0 Å². The first-order valence-corrected chi connectivity index (χ1v) is 3.05. The van der Waals surface area contributed by atoms with Gasteiger partial charge in [-0.1, -0.05) is 6.92 Å². The van der Waals surface area contributed by atoms with Crippen LogP contribution in [0.5, 0.6) is 0 Å². The van der Waals surface area contributed by atoms with E-state index in [2.05, 4.69) is 4.98 Å². The minimum Gasteiger partial charge on any atom is -0.249 e. The molecule has 0 spiro atoms. The Kier molecular flexibility index (Phi) is 1.42. The number of aromatic nitrogens is 1. The number of nitrogens with zero attached hydrogens (tertiary/aromatic N) is 1. The van der Waals surface area contributed by atoms with Gasteiger partial charge in [0.2, 0.25) is 0 Å². The summed E-state index contributed by atoms with van der Waals surface area (Å²) in [6, 6.07) is 0. The van der Waals surface area contributed by atoms with Crippen molar-refractivity contribution in [2.24, 2.45) is 0 Å². The third-order valence-corrected chi connectivity index (χ3v) is 1.35. The largest absolute Gasteiger partial charge is 0.249 e. The predicted molar refractivity (Wildman–Crippen MR) is 31.2 cm³/mol. The molecule has 0 saturated heterocycles. The van der Waals surface area contributed by atoms with Crippen LogP contribution in [0.1, 0.15) is 12.6 Å². The average Bonchev–Trinajstić information content (AvgIpc) is 2.14. The summed E-state index contributed by atoms with van der Waals surface area (Å²) in [6.45, 7) is 1.98. The first kappa shape index (κ1) is 4.78. The maximum absolute atomic E-state index is 4.00. The second kappa shape index (κ2) is 2.07. The molecule has 0 saturated carbocycles. The Balaban J connectivity index is 2.76. The first-order valence-electron chi connectivity index (χ1n) is 2.11. The monoisotopic (exact) mass is 112 g/mol. The molecule has 0 bridgehead atoms. The lowest BCUT2D eigenvalue weighted by Crippen LogP contribution is -1.69. The summed E-state index contributed by atoms with van der Waals surface area (Å²) in [6.07, 6.45) is 1.98. The van der Waals surface area contributed by atoms with Crippen molar-refractivity contribution in [2.45, 2.75) is 6.92 Å². The molecule has 1 rings (SSSR count). The lowest BCUT2D eigenvalue weighted by molar-refractivity contribution is 1.26. The second-order valence-electron chi connectivity index (χ2n) is 1.20. The van der Waals surface area contributed by atoms with Gasteiger partial charge in [0.25, 0.3) is 0 Å². The highest BCUT2D eigenvalue weighted by molar-refractivity contribution is 7.07. The van der Waals surface area contributed by atoms with Crippen LogP contribution in [0.15, 0.2) is 10.9 Å². The van der Waals surface area contributed by atoms with Gasteiger partial charge in [0, 0.05) is 11.8 Å². The van der Waals surface area contributed by atoms with Crippen molar-refractivity contribution in [3.63, 3.8) is 0 Å². The molecule has 0 aromatic carbocycles. The third kappa shape index (κ3) is 0.996. The molecule has 1 nitrogen and oxygen atoms in total. The van der Waals surface area contributed by atoms with Gasteiger partial charge in [-0.3, -0.25) is 0 Å². The van der Waals surface area contributed by atoms with E-state index in [1.807, 2.05) is 24.2 Å². The van der Waals surface area contributed by atoms with E-state index in [0.29, 0.717) is 0 Å². The van der Waals surface area contributed by atoms with Crippen molar-refractivity contribution in [3.8, 4) is 0 Å². The molecule has 0 unspecified atom stereocenters. The lowest BCUT2D eigenvalue weighted by atomic mass is 10.4. The normalized spacial score (nSPS) is 9.29. The summed E-state index contributed by atoms with van der Waals surface area (Å²) < 4.78 is 0. The molecule has 0 aliphatic carbocycles. The predicted octanol–water partition coefficient (Wildman–Crippen LogP) is 1.72. The van der Waals surface area contributed by atoms with Gasteiger partial charge in [0.05, 0.1) is 11.2 Å². The molecule has 0 aliphatic rings. The maximum atomic E-state index is 4.00. The molecule has 0 N–H and O–H groups in total. The first-order chi connectivity index (χ1) is 3.43. The zero-order valence-corrected chi connectivity index (χ0v) is 4.90. The molecule has 1 aromatic rings. The van der Waals surface area contributed by atoms with E-state index in [1.165, 1.54) is 0 Å². The number of rotatable bonds is 1. The molecular formula is C5H6NS. The number of thiazole rings is 1. The zero-order chi connectivity index (χ0) is 5.11. The van der Waals surface area contributed by atoms with E-state index < -0.39 is 0 Å². The van der Waals surface area contributed by atoms with Gasteiger partial charge in [-0.25, -0.2) is 4.98 Å². The fourth-order valence-electron chi connectivity index (χ4n) is 0.364. The Morgan fingerprint density at radius 2 is 2.71 bits per heavy atom. The zero-order valence-electron chi connectivity index (χ0n) is 4.09. The van der Waals surface area contributed by atoms with E-state index in [9.17, 15) is 0 Å². The minimum atomic E-state index is 1.07. The lowest BCUT2D eigenvalue weighted by Gasteiger charge is -1.76. The molecule has 0 amide bonds. The van der Waals surface area contributed by atoms with Gasteiger partial charge >= 0.3 is 0 Å². The fourth-order valence-corrected chi connectivity index (χ4v) is 0.944. The highest BCUT2D eigenvalue weighted by Gasteiger charge is 1.84. The summed E-state index contributed by atoms with van der Waals surface area (Å²) in [5, 5.41) is 2.01. The number of hydrogen-bond acceptors (Lipinski definition) is 2. The summed E-state index contributed by atoms with van der Waals surface area (Å²) in [5.74, 6) is 0. The Labute approximate surface area is 47.0 Å². The van der Waals surface area contributed by atoms with Gasteiger partial charge in [-0.15, -0.1) is 11.3 Å². The Bertz CT molecular complexity index is 123. The van der Waals surface area contributed by atoms with Crippen LogP contribution in [0.4, 0.5) is 0 Å². The minimum absolute atomic E-state index is 1.07. The van der Waals surface area contributed by atoms with Gasteiger partial charge in [0.1, 0.15) is 0 Å². The standard InChI is InChI=1S/C5H6NS/c1-2-5-3-7-4-6-5/h2-4H,1H3. The van der Waals surface area contributed by atoms with E-state index in [0.717, 1.165) is 5.69 Å². The smallest absolute Gasteiger partial charge is 0.0794 e. The molecule has 1 radical (unpaired) electrons. The van der Waals surface area contributed by atoms with Crippen molar-refractivity contribution in [1.29, 1.82) is 0 Å². The fraction of sp³-hybridized carbons (Fsp3) is 0.200. The summed E-state index contributed by atoms with van der Waals surface area (Å²) in [5.41, 5.74) is 2.90. The van der Waals surface area contributed by atoms with Gasteiger partial charge in [-0.05, 0) is 0 Å². The van der Waals surface area contributed by atoms with E-state index in [4.69, 9.17) is 0 Å². The summed E-state index contributed by atoms with van der Waals surface area (Å²) in [7, 11) is 0. The SMILES string of the molecule is C[CH]c1cscn1. The Morgan fingerprint density at radius 1 is 1.86 bits per heavy atom. The molecule has 37 valence electrons. The molecule has 0 fully saturated rings. The number of hydrogen-bond donors (Lipinski definition) is 0. The maximum Gasteiger partial charge on any atom is 0.0794 e. The summed E-state index contributed by atoms with van der Waals surface area (Å²) in [4.78, 5) is 4.00. The van der Waals surface area contributed by atoms with E-state index in [1.54, 1.807) is 11.3 Å². The topological polar surface area (TPSA) is 12.9 Å². The van der Waals surface area contributed by atoms with Gasteiger partial charge < -0.3 is 0 Å². The van der Waals surface area contributed by atoms with Crippen LogP contribution in [-0.4, -0.2) is 4.98 Å². The molecule has 0 aliphatic heterocycles. The van der Waals surface area contributed by atoms with Crippen LogP contribution in [0.2, 0.25) is 0 Å². The van der Waals surface area contributed by atoms with E-state index in [-0.39, 0.29) is 0 Å². The van der Waals surface area contributed by atoms with Crippen molar-refractivity contribution in [2.75, 3.05) is 0 Å². The molecule has 1 aromatic heterocycles. The third-order valence-electron chi connectivity index (χ3n) is 0.747. The van der Waals surface area contributed by atoms with Crippen molar-refractivity contribution < 1.29 is 0 Å². The molecule has 0 atom stereocenters.